The van der Waals surface area contributed by atoms with Gasteiger partial charge < -0.3 is 15.0 Å². The summed E-state index contributed by atoms with van der Waals surface area (Å²) in [6.45, 7) is 8.86. The standard InChI is InChI=1S/C9H18N2O2.HNO/c1-9(2,3)13-8(12)11-6-4-10-5-7-11;1-2/h10H,4-7H2,1-3H3;1H. The number of amides is 1. The van der Waals surface area contributed by atoms with Gasteiger partial charge in [0.15, 0.2) is 0 Å². The van der Waals surface area contributed by atoms with Gasteiger partial charge in [0.25, 0.3) is 0 Å². The number of hydrogen-bond donors (Lipinski definition) is 2. The van der Waals surface area contributed by atoms with Gasteiger partial charge in [-0.1, -0.05) is 5.59 Å². The minimum atomic E-state index is -0.387. The van der Waals surface area contributed by atoms with Gasteiger partial charge in [0.1, 0.15) is 5.60 Å². The van der Waals surface area contributed by atoms with Crippen LogP contribution in [0.1, 0.15) is 20.8 Å². The summed E-state index contributed by atoms with van der Waals surface area (Å²) < 4.78 is 5.24. The van der Waals surface area contributed by atoms with E-state index in [1.54, 1.807) is 4.90 Å². The van der Waals surface area contributed by atoms with Crippen molar-refractivity contribution in [2.24, 2.45) is 0 Å². The number of nitrogens with zero attached hydrogens (tertiary/aromatic N) is 1. The zero-order valence-electron chi connectivity index (χ0n) is 9.50. The van der Waals surface area contributed by atoms with Crippen LogP contribution in [-0.4, -0.2) is 42.8 Å². The Labute approximate surface area is 89.7 Å². The first-order valence-electron chi connectivity index (χ1n) is 4.88. The van der Waals surface area contributed by atoms with Gasteiger partial charge in [-0.2, -0.15) is 4.91 Å². The largest absolute Gasteiger partial charge is 0.444 e. The highest BCUT2D eigenvalue weighted by atomic mass is 16.6. The van der Waals surface area contributed by atoms with Crippen molar-refractivity contribution in [2.75, 3.05) is 26.2 Å². The monoisotopic (exact) mass is 217 g/mol. The number of piperazine rings is 1. The zero-order chi connectivity index (χ0) is 11.9. The van der Waals surface area contributed by atoms with Gasteiger partial charge in [-0.25, -0.2) is 4.79 Å². The first-order chi connectivity index (χ1) is 6.99. The molecule has 1 heterocycles. The number of carbonyl (C=O) groups excluding carboxylic acids is 1. The zero-order valence-corrected chi connectivity index (χ0v) is 9.50. The summed E-state index contributed by atoms with van der Waals surface area (Å²) in [5.41, 5.74) is 4.11. The lowest BCUT2D eigenvalue weighted by molar-refractivity contribution is 0.0229. The number of carbonyl (C=O) groups is 1. The van der Waals surface area contributed by atoms with Crippen LogP contribution >= 0.6 is 0 Å². The summed E-state index contributed by atoms with van der Waals surface area (Å²) in [7, 11) is 0. The maximum atomic E-state index is 11.5. The molecule has 1 fully saturated rings. The molecule has 1 saturated heterocycles. The molecule has 2 N–H and O–H groups in total. The molecule has 0 atom stereocenters. The fraction of sp³-hybridized carbons (Fsp3) is 0.889. The fourth-order valence-corrected chi connectivity index (χ4v) is 1.17. The van der Waals surface area contributed by atoms with Gasteiger partial charge in [0.05, 0.1) is 0 Å². The van der Waals surface area contributed by atoms with Crippen LogP contribution in [0.5, 0.6) is 0 Å². The molecular formula is C9H19N3O3. The molecule has 0 bridgehead atoms. The van der Waals surface area contributed by atoms with Crippen LogP contribution in [0.4, 0.5) is 4.79 Å². The second kappa shape index (κ2) is 6.34. The van der Waals surface area contributed by atoms with E-state index in [-0.39, 0.29) is 11.7 Å². The van der Waals surface area contributed by atoms with Crippen LogP contribution in [0.2, 0.25) is 0 Å². The Balaban J connectivity index is 0.000000921. The van der Waals surface area contributed by atoms with E-state index in [9.17, 15) is 4.79 Å². The molecule has 0 unspecified atom stereocenters. The number of ether oxygens (including phenoxy) is 1. The lowest BCUT2D eigenvalue weighted by atomic mass is 10.2. The third-order valence-corrected chi connectivity index (χ3v) is 1.77. The van der Waals surface area contributed by atoms with Gasteiger partial charge in [-0.05, 0) is 20.8 Å². The van der Waals surface area contributed by atoms with Gasteiger partial charge in [0.2, 0.25) is 0 Å². The Hall–Kier alpha value is -1.17. The molecular weight excluding hydrogens is 198 g/mol. The van der Waals surface area contributed by atoms with Crippen molar-refractivity contribution in [3.8, 4) is 0 Å². The van der Waals surface area contributed by atoms with Crippen molar-refractivity contribution >= 4 is 6.09 Å². The Morgan fingerprint density at radius 1 is 1.27 bits per heavy atom. The highest BCUT2D eigenvalue weighted by molar-refractivity contribution is 5.68. The molecule has 1 amide bonds. The predicted octanol–water partition coefficient (Wildman–Crippen LogP) is 1.16. The molecule has 0 aliphatic carbocycles. The minimum absolute atomic E-state index is 0.200. The lowest BCUT2D eigenvalue weighted by Gasteiger charge is -2.30. The Morgan fingerprint density at radius 2 is 1.73 bits per heavy atom. The molecule has 0 aromatic carbocycles. The molecule has 0 saturated carbocycles. The second-order valence-electron chi connectivity index (χ2n) is 4.22. The molecule has 0 aromatic rings. The lowest BCUT2D eigenvalue weighted by Crippen LogP contribution is -2.48. The maximum absolute atomic E-state index is 11.5. The molecule has 88 valence electrons. The average Bonchev–Trinajstić information content (AvgIpc) is 2.20. The summed E-state index contributed by atoms with van der Waals surface area (Å²) in [4.78, 5) is 20.7. The van der Waals surface area contributed by atoms with E-state index >= 15 is 0 Å². The van der Waals surface area contributed by atoms with Gasteiger partial charge in [-0.3, -0.25) is 0 Å². The van der Waals surface area contributed by atoms with Crippen LogP contribution in [-0.2, 0) is 4.74 Å². The minimum Gasteiger partial charge on any atom is -0.444 e. The predicted molar refractivity (Wildman–Crippen MR) is 56.8 cm³/mol. The highest BCUT2D eigenvalue weighted by Gasteiger charge is 2.22. The van der Waals surface area contributed by atoms with Crippen molar-refractivity contribution in [3.05, 3.63) is 4.91 Å². The van der Waals surface area contributed by atoms with Crippen LogP contribution in [0.3, 0.4) is 0 Å². The molecule has 1 aliphatic heterocycles. The first-order valence-corrected chi connectivity index (χ1v) is 4.88. The van der Waals surface area contributed by atoms with Gasteiger partial charge >= 0.3 is 6.09 Å². The Bertz CT molecular complexity index is 197. The third-order valence-electron chi connectivity index (χ3n) is 1.77. The second-order valence-corrected chi connectivity index (χ2v) is 4.22. The van der Waals surface area contributed by atoms with Gasteiger partial charge in [0, 0.05) is 26.2 Å². The van der Waals surface area contributed by atoms with E-state index in [1.165, 1.54) is 0 Å². The van der Waals surface area contributed by atoms with E-state index in [0.717, 1.165) is 26.2 Å². The molecule has 1 rings (SSSR count). The molecule has 15 heavy (non-hydrogen) atoms. The summed E-state index contributed by atoms with van der Waals surface area (Å²) >= 11 is 0. The van der Waals surface area contributed by atoms with E-state index < -0.39 is 0 Å². The smallest absolute Gasteiger partial charge is 0.410 e. The van der Waals surface area contributed by atoms with E-state index in [2.05, 4.69) is 10.9 Å². The van der Waals surface area contributed by atoms with Gasteiger partial charge in [-0.15, -0.1) is 0 Å². The number of nitroso groups, excluding NO2 is 1. The van der Waals surface area contributed by atoms with Crippen LogP contribution in [0, 0.1) is 10.5 Å². The van der Waals surface area contributed by atoms with Crippen LogP contribution in [0.25, 0.3) is 0 Å². The molecule has 0 aromatic heterocycles. The molecule has 0 spiro atoms. The highest BCUT2D eigenvalue weighted by Crippen LogP contribution is 2.09. The molecule has 0 radical (unpaired) electrons. The van der Waals surface area contributed by atoms with Crippen molar-refractivity contribution in [3.63, 3.8) is 0 Å². The van der Waals surface area contributed by atoms with Crippen molar-refractivity contribution in [2.45, 2.75) is 26.4 Å². The molecule has 6 heteroatoms. The topological polar surface area (TPSA) is 82.5 Å². The first kappa shape index (κ1) is 13.8. The van der Waals surface area contributed by atoms with E-state index in [1.807, 2.05) is 20.8 Å². The SMILES string of the molecule is CC(C)(C)OC(=O)N1CCNCC1.N=O. The van der Waals surface area contributed by atoms with E-state index in [4.69, 9.17) is 9.64 Å². The third kappa shape index (κ3) is 6.01. The Kier molecular flexibility index (Phi) is 5.84. The Morgan fingerprint density at radius 3 is 2.13 bits per heavy atom. The summed E-state index contributed by atoms with van der Waals surface area (Å²) in [5, 5.41) is 3.18. The van der Waals surface area contributed by atoms with Crippen molar-refractivity contribution in [1.29, 1.82) is 5.59 Å². The van der Waals surface area contributed by atoms with Crippen molar-refractivity contribution < 1.29 is 9.53 Å². The molecule has 6 nitrogen and oxygen atoms in total. The summed E-state index contributed by atoms with van der Waals surface area (Å²) in [6, 6.07) is 0. The quantitative estimate of drug-likeness (QED) is 0.596. The number of nitrogens with one attached hydrogen (secondary N) is 2. The molecule has 1 aliphatic rings. The van der Waals surface area contributed by atoms with E-state index in [0.29, 0.717) is 0 Å². The van der Waals surface area contributed by atoms with Crippen molar-refractivity contribution in [1.82, 2.24) is 10.2 Å². The summed E-state index contributed by atoms with van der Waals surface area (Å²) in [6.07, 6.45) is -0.200. The maximum Gasteiger partial charge on any atom is 0.410 e. The van der Waals surface area contributed by atoms with Crippen LogP contribution in [0.15, 0.2) is 0 Å². The number of hydrogen-bond acceptors (Lipinski definition) is 5. The average molecular weight is 217 g/mol. The van der Waals surface area contributed by atoms with Crippen LogP contribution < -0.4 is 5.32 Å². The summed E-state index contributed by atoms with van der Waals surface area (Å²) in [5.74, 6) is 0. The number of rotatable bonds is 0. The normalized spacial score (nSPS) is 16.3. The fourth-order valence-electron chi connectivity index (χ4n) is 1.17.